The fraction of sp³-hybridized carbons (Fsp3) is 0.182. The van der Waals surface area contributed by atoms with E-state index in [1.165, 1.54) is 16.7 Å². The Morgan fingerprint density at radius 1 is 0.926 bits per heavy atom. The van der Waals surface area contributed by atoms with Gasteiger partial charge in [0.1, 0.15) is 6.61 Å². The number of benzene rings is 3. The van der Waals surface area contributed by atoms with Gasteiger partial charge < -0.3 is 9.64 Å². The van der Waals surface area contributed by atoms with Crippen LogP contribution >= 0.6 is 11.8 Å². The van der Waals surface area contributed by atoms with E-state index in [0.29, 0.717) is 5.56 Å². The molecule has 0 heterocycles. The standard InChI is InChI=1S/C22H21NO3S/c1-23(2)21(24)15-27-20-13-6-5-12-19(20)22(25)26-14-17-10-7-9-16-8-3-4-11-18(16)17/h3-13H,14-15H2,1-2H3. The Morgan fingerprint density at radius 3 is 2.44 bits per heavy atom. The van der Waals surface area contributed by atoms with Crippen LogP contribution in [-0.4, -0.2) is 36.6 Å². The summed E-state index contributed by atoms with van der Waals surface area (Å²) >= 11 is 1.34. The highest BCUT2D eigenvalue weighted by Gasteiger charge is 2.15. The Kier molecular flexibility index (Phi) is 6.14. The monoisotopic (exact) mass is 379 g/mol. The molecule has 0 atom stereocenters. The number of hydrogen-bond donors (Lipinski definition) is 0. The van der Waals surface area contributed by atoms with Gasteiger partial charge in [-0.25, -0.2) is 4.79 Å². The van der Waals surface area contributed by atoms with Crippen LogP contribution in [0.4, 0.5) is 0 Å². The predicted molar refractivity (Wildman–Crippen MR) is 109 cm³/mol. The van der Waals surface area contributed by atoms with Gasteiger partial charge in [0.25, 0.3) is 0 Å². The number of carbonyl (C=O) groups is 2. The summed E-state index contributed by atoms with van der Waals surface area (Å²) in [4.78, 5) is 26.7. The van der Waals surface area contributed by atoms with Gasteiger partial charge in [-0.1, -0.05) is 54.6 Å². The minimum Gasteiger partial charge on any atom is -0.457 e. The minimum absolute atomic E-state index is 0.000995. The largest absolute Gasteiger partial charge is 0.457 e. The molecule has 0 saturated carbocycles. The summed E-state index contributed by atoms with van der Waals surface area (Å²) in [5, 5.41) is 2.19. The molecule has 138 valence electrons. The third kappa shape index (κ3) is 4.68. The van der Waals surface area contributed by atoms with E-state index in [0.717, 1.165) is 21.2 Å². The fourth-order valence-corrected chi connectivity index (χ4v) is 3.69. The summed E-state index contributed by atoms with van der Waals surface area (Å²) in [6.45, 7) is 0.204. The van der Waals surface area contributed by atoms with Crippen molar-refractivity contribution >= 4 is 34.4 Å². The number of fused-ring (bicyclic) bond motifs is 1. The third-order valence-electron chi connectivity index (χ3n) is 4.20. The summed E-state index contributed by atoms with van der Waals surface area (Å²) in [6.07, 6.45) is 0. The predicted octanol–water partition coefficient (Wildman–Crippen LogP) is 4.38. The van der Waals surface area contributed by atoms with Crippen LogP contribution in [0.5, 0.6) is 0 Å². The molecule has 0 aliphatic heterocycles. The van der Waals surface area contributed by atoms with Gasteiger partial charge in [0.2, 0.25) is 5.91 Å². The molecule has 0 spiro atoms. The molecular formula is C22H21NO3S. The summed E-state index contributed by atoms with van der Waals surface area (Å²) in [7, 11) is 3.43. The summed E-state index contributed by atoms with van der Waals surface area (Å²) in [6, 6.07) is 21.2. The van der Waals surface area contributed by atoms with Crippen LogP contribution in [-0.2, 0) is 16.1 Å². The van der Waals surface area contributed by atoms with Crippen molar-refractivity contribution in [2.45, 2.75) is 11.5 Å². The van der Waals surface area contributed by atoms with Crippen LogP contribution in [0.1, 0.15) is 15.9 Å². The van der Waals surface area contributed by atoms with E-state index >= 15 is 0 Å². The molecule has 0 aromatic heterocycles. The molecule has 0 radical (unpaired) electrons. The highest BCUT2D eigenvalue weighted by Crippen LogP contribution is 2.25. The Hall–Kier alpha value is -2.79. The normalized spacial score (nSPS) is 10.6. The van der Waals surface area contributed by atoms with Crippen molar-refractivity contribution in [3.63, 3.8) is 0 Å². The average molecular weight is 379 g/mol. The molecule has 3 rings (SSSR count). The second kappa shape index (κ2) is 8.73. The summed E-state index contributed by atoms with van der Waals surface area (Å²) < 4.78 is 5.57. The van der Waals surface area contributed by atoms with Gasteiger partial charge in [-0.05, 0) is 28.5 Å². The van der Waals surface area contributed by atoms with E-state index in [-0.39, 0.29) is 24.2 Å². The number of nitrogens with zero attached hydrogens (tertiary/aromatic N) is 1. The molecule has 1 amide bonds. The molecule has 0 fully saturated rings. The van der Waals surface area contributed by atoms with Crippen molar-refractivity contribution in [3.05, 3.63) is 77.9 Å². The maximum Gasteiger partial charge on any atom is 0.339 e. The van der Waals surface area contributed by atoms with Gasteiger partial charge in [-0.15, -0.1) is 11.8 Å². The van der Waals surface area contributed by atoms with Crippen LogP contribution in [0.25, 0.3) is 10.8 Å². The Bertz CT molecular complexity index is 963. The van der Waals surface area contributed by atoms with Crippen LogP contribution in [0.2, 0.25) is 0 Å². The highest BCUT2D eigenvalue weighted by atomic mass is 32.2. The fourth-order valence-electron chi connectivity index (χ4n) is 2.67. The van der Waals surface area contributed by atoms with E-state index in [2.05, 4.69) is 0 Å². The lowest BCUT2D eigenvalue weighted by atomic mass is 10.1. The van der Waals surface area contributed by atoms with Crippen molar-refractivity contribution in [1.29, 1.82) is 0 Å². The van der Waals surface area contributed by atoms with E-state index in [4.69, 9.17) is 4.74 Å². The second-order valence-corrected chi connectivity index (χ2v) is 7.30. The van der Waals surface area contributed by atoms with Gasteiger partial charge in [0.15, 0.2) is 0 Å². The average Bonchev–Trinajstić information content (AvgIpc) is 2.70. The molecule has 0 bridgehead atoms. The molecule has 27 heavy (non-hydrogen) atoms. The first-order chi connectivity index (χ1) is 13.1. The Labute approximate surface area is 163 Å². The molecule has 0 saturated heterocycles. The van der Waals surface area contributed by atoms with Gasteiger partial charge >= 0.3 is 5.97 Å². The first-order valence-electron chi connectivity index (χ1n) is 8.62. The zero-order chi connectivity index (χ0) is 19.2. The lowest BCUT2D eigenvalue weighted by molar-refractivity contribution is -0.125. The summed E-state index contributed by atoms with van der Waals surface area (Å²) in [5.74, 6) is -0.108. The zero-order valence-electron chi connectivity index (χ0n) is 15.3. The van der Waals surface area contributed by atoms with Crippen LogP contribution in [0.3, 0.4) is 0 Å². The van der Waals surface area contributed by atoms with Crippen molar-refractivity contribution in [2.24, 2.45) is 0 Å². The lowest BCUT2D eigenvalue weighted by Gasteiger charge is -2.12. The Balaban J connectivity index is 1.72. The Morgan fingerprint density at radius 2 is 1.63 bits per heavy atom. The molecule has 0 unspecified atom stereocenters. The quantitative estimate of drug-likeness (QED) is 0.471. The number of rotatable bonds is 6. The molecule has 0 N–H and O–H groups in total. The van der Waals surface area contributed by atoms with E-state index in [1.54, 1.807) is 26.2 Å². The first-order valence-corrected chi connectivity index (χ1v) is 9.60. The van der Waals surface area contributed by atoms with Gasteiger partial charge in [0, 0.05) is 19.0 Å². The number of thioether (sulfide) groups is 1. The molecular weight excluding hydrogens is 358 g/mol. The molecule has 0 aliphatic carbocycles. The highest BCUT2D eigenvalue weighted by molar-refractivity contribution is 8.00. The molecule has 3 aromatic carbocycles. The van der Waals surface area contributed by atoms with E-state index in [9.17, 15) is 9.59 Å². The van der Waals surface area contributed by atoms with Crippen LogP contribution in [0.15, 0.2) is 71.6 Å². The maximum absolute atomic E-state index is 12.6. The van der Waals surface area contributed by atoms with E-state index in [1.807, 2.05) is 54.6 Å². The van der Waals surface area contributed by atoms with E-state index < -0.39 is 0 Å². The third-order valence-corrected chi connectivity index (χ3v) is 5.25. The second-order valence-electron chi connectivity index (χ2n) is 6.29. The van der Waals surface area contributed by atoms with Crippen molar-refractivity contribution < 1.29 is 14.3 Å². The van der Waals surface area contributed by atoms with Crippen molar-refractivity contribution in [3.8, 4) is 0 Å². The van der Waals surface area contributed by atoms with Crippen LogP contribution < -0.4 is 0 Å². The number of carbonyl (C=O) groups excluding carboxylic acids is 2. The van der Waals surface area contributed by atoms with Crippen LogP contribution in [0, 0.1) is 0 Å². The number of ether oxygens (including phenoxy) is 1. The smallest absolute Gasteiger partial charge is 0.339 e. The molecule has 0 aliphatic rings. The van der Waals surface area contributed by atoms with Gasteiger partial charge in [-0.2, -0.15) is 0 Å². The topological polar surface area (TPSA) is 46.6 Å². The summed E-state index contributed by atoms with van der Waals surface area (Å²) in [5.41, 5.74) is 1.45. The first kappa shape index (κ1) is 19.0. The van der Waals surface area contributed by atoms with Gasteiger partial charge in [0.05, 0.1) is 11.3 Å². The molecule has 5 heteroatoms. The van der Waals surface area contributed by atoms with Crippen molar-refractivity contribution in [2.75, 3.05) is 19.8 Å². The SMILES string of the molecule is CN(C)C(=O)CSc1ccccc1C(=O)OCc1cccc2ccccc12. The number of esters is 1. The van der Waals surface area contributed by atoms with Gasteiger partial charge in [-0.3, -0.25) is 4.79 Å². The molecule has 4 nitrogen and oxygen atoms in total. The van der Waals surface area contributed by atoms with Crippen molar-refractivity contribution in [1.82, 2.24) is 4.90 Å². The maximum atomic E-state index is 12.6. The molecule has 3 aromatic rings. The lowest BCUT2D eigenvalue weighted by Crippen LogP contribution is -2.23. The number of hydrogen-bond acceptors (Lipinski definition) is 4. The minimum atomic E-state index is -0.386. The zero-order valence-corrected chi connectivity index (χ0v) is 16.2. The number of amides is 1.